The molecule has 1 unspecified atom stereocenters. The number of nitrogens with zero attached hydrogens (tertiary/aromatic N) is 2. The van der Waals surface area contributed by atoms with Crippen molar-refractivity contribution in [2.45, 2.75) is 13.0 Å². The summed E-state index contributed by atoms with van der Waals surface area (Å²) in [5.74, 6) is 1.95. The van der Waals surface area contributed by atoms with E-state index in [0.29, 0.717) is 37.5 Å². The topological polar surface area (TPSA) is 69.9 Å². The highest BCUT2D eigenvalue weighted by molar-refractivity contribution is 7.07. The van der Waals surface area contributed by atoms with Gasteiger partial charge in [0.05, 0.1) is 28.5 Å². The maximum Gasteiger partial charge on any atom is 0.338 e. The molecule has 0 spiro atoms. The number of rotatable bonds is 7. The number of fused-ring (bicyclic) bond motifs is 1. The second-order valence-corrected chi connectivity index (χ2v) is 9.52. The summed E-state index contributed by atoms with van der Waals surface area (Å²) in [4.78, 5) is 32.5. The first-order valence-electron chi connectivity index (χ1n) is 12.2. The largest absolute Gasteiger partial charge is 0.480 e. The van der Waals surface area contributed by atoms with Crippen LogP contribution in [0.4, 0.5) is 4.39 Å². The normalized spacial score (nSPS) is 14.8. The summed E-state index contributed by atoms with van der Waals surface area (Å²) < 4.78 is 26.8. The molecule has 0 saturated carbocycles. The first-order chi connectivity index (χ1) is 19.0. The summed E-state index contributed by atoms with van der Waals surface area (Å²) >= 11 is 1.19. The molecule has 1 aliphatic heterocycles. The lowest BCUT2D eigenvalue weighted by Gasteiger charge is -2.25. The van der Waals surface area contributed by atoms with Crippen LogP contribution < -0.4 is 19.6 Å². The molecule has 0 bridgehead atoms. The number of terminal acetylenes is 1. The summed E-state index contributed by atoms with van der Waals surface area (Å²) in [6.07, 6.45) is 7.07. The molecule has 5 rings (SSSR count). The van der Waals surface area contributed by atoms with Crippen molar-refractivity contribution in [1.82, 2.24) is 4.57 Å². The van der Waals surface area contributed by atoms with E-state index < -0.39 is 17.8 Å². The lowest BCUT2D eigenvalue weighted by Crippen LogP contribution is -2.40. The Labute approximate surface area is 228 Å². The smallest absolute Gasteiger partial charge is 0.338 e. The SMILES string of the molecule is C#CCOc1ccccc1C=c1sc2n(c1=O)C(c1ccc(F)cc1)C(C(=O)OCC)=C(c1ccccc1)N=2. The quantitative estimate of drug-likeness (QED) is 0.263. The van der Waals surface area contributed by atoms with Crippen molar-refractivity contribution in [1.29, 1.82) is 0 Å². The molecule has 0 saturated heterocycles. The standard InChI is InChI=1S/C31H23FN2O4S/c1-3-18-38-24-13-9-8-12-22(24)19-25-29(35)34-28(21-14-16-23(32)17-15-21)26(30(36)37-4-2)27(33-31(34)39-25)20-10-6-5-7-11-20/h1,5-17,19,28H,4,18H2,2H3. The predicted octanol–water partition coefficient (Wildman–Crippen LogP) is 4.09. The summed E-state index contributed by atoms with van der Waals surface area (Å²) in [6.45, 7) is 1.93. The minimum Gasteiger partial charge on any atom is -0.480 e. The van der Waals surface area contributed by atoms with Crippen molar-refractivity contribution >= 4 is 29.1 Å². The molecular formula is C31H23FN2O4S. The van der Waals surface area contributed by atoms with Crippen LogP contribution in [0.15, 0.2) is 94.2 Å². The Morgan fingerprint density at radius 2 is 1.82 bits per heavy atom. The number of thiazole rings is 1. The number of carbonyl (C=O) groups excluding carboxylic acids is 1. The van der Waals surface area contributed by atoms with Gasteiger partial charge < -0.3 is 9.47 Å². The van der Waals surface area contributed by atoms with E-state index in [1.165, 1.54) is 28.0 Å². The average Bonchev–Trinajstić information content (AvgIpc) is 3.27. The molecule has 0 aliphatic carbocycles. The van der Waals surface area contributed by atoms with Crippen molar-refractivity contribution in [3.63, 3.8) is 0 Å². The van der Waals surface area contributed by atoms with Crippen molar-refractivity contribution in [2.24, 2.45) is 4.99 Å². The fraction of sp³-hybridized carbons (Fsp3) is 0.129. The highest BCUT2D eigenvalue weighted by Crippen LogP contribution is 2.35. The Hall–Kier alpha value is -4.74. The Bertz CT molecular complexity index is 1780. The third-order valence-corrected chi connectivity index (χ3v) is 7.06. The molecule has 0 N–H and O–H groups in total. The third kappa shape index (κ3) is 5.17. The van der Waals surface area contributed by atoms with E-state index in [-0.39, 0.29) is 24.3 Å². The first-order valence-corrected chi connectivity index (χ1v) is 13.0. The number of benzene rings is 3. The fourth-order valence-corrected chi connectivity index (χ4v) is 5.38. The Morgan fingerprint density at radius 1 is 1.10 bits per heavy atom. The predicted molar refractivity (Wildman–Crippen MR) is 148 cm³/mol. The fourth-order valence-electron chi connectivity index (χ4n) is 4.39. The zero-order valence-electron chi connectivity index (χ0n) is 21.0. The van der Waals surface area contributed by atoms with Gasteiger partial charge in [-0.1, -0.05) is 77.9 Å². The van der Waals surface area contributed by atoms with Gasteiger partial charge in [0.1, 0.15) is 18.2 Å². The zero-order valence-corrected chi connectivity index (χ0v) is 21.8. The maximum atomic E-state index is 13.9. The van der Waals surface area contributed by atoms with E-state index in [4.69, 9.17) is 20.9 Å². The summed E-state index contributed by atoms with van der Waals surface area (Å²) in [6, 6.07) is 21.3. The lowest BCUT2D eigenvalue weighted by molar-refractivity contribution is -0.138. The molecule has 2 heterocycles. The van der Waals surface area contributed by atoms with Gasteiger partial charge in [-0.2, -0.15) is 0 Å². The van der Waals surface area contributed by atoms with Crippen LogP contribution in [0.2, 0.25) is 0 Å². The van der Waals surface area contributed by atoms with Gasteiger partial charge in [0.15, 0.2) is 4.80 Å². The van der Waals surface area contributed by atoms with Gasteiger partial charge in [-0.15, -0.1) is 6.42 Å². The zero-order chi connectivity index (χ0) is 27.4. The van der Waals surface area contributed by atoms with E-state index in [1.54, 1.807) is 31.2 Å². The van der Waals surface area contributed by atoms with Crippen LogP contribution in [-0.2, 0) is 9.53 Å². The summed E-state index contributed by atoms with van der Waals surface area (Å²) in [5.41, 5.74) is 2.16. The van der Waals surface area contributed by atoms with E-state index >= 15 is 0 Å². The number of hydrogen-bond donors (Lipinski definition) is 0. The monoisotopic (exact) mass is 538 g/mol. The molecule has 0 fully saturated rings. The number of ether oxygens (including phenoxy) is 2. The van der Waals surface area contributed by atoms with E-state index in [2.05, 4.69) is 5.92 Å². The molecule has 8 heteroatoms. The van der Waals surface area contributed by atoms with Crippen molar-refractivity contribution in [2.75, 3.05) is 13.2 Å². The molecule has 1 atom stereocenters. The van der Waals surface area contributed by atoms with Crippen LogP contribution >= 0.6 is 11.3 Å². The Balaban J connectivity index is 1.80. The number of aromatic nitrogens is 1. The number of esters is 1. The molecular weight excluding hydrogens is 515 g/mol. The first kappa shape index (κ1) is 25.9. The number of carbonyl (C=O) groups is 1. The second kappa shape index (κ2) is 11.3. The molecule has 0 amide bonds. The van der Waals surface area contributed by atoms with Crippen LogP contribution in [-0.4, -0.2) is 23.8 Å². The van der Waals surface area contributed by atoms with Crippen LogP contribution in [0.5, 0.6) is 5.75 Å². The third-order valence-electron chi connectivity index (χ3n) is 6.08. The minimum atomic E-state index is -0.883. The van der Waals surface area contributed by atoms with Gasteiger partial charge in [0, 0.05) is 11.1 Å². The van der Waals surface area contributed by atoms with E-state index in [0.717, 1.165) is 0 Å². The molecule has 4 aromatic rings. The number of hydrogen-bond acceptors (Lipinski definition) is 6. The summed E-state index contributed by atoms with van der Waals surface area (Å²) in [5, 5.41) is 0. The minimum absolute atomic E-state index is 0.0833. The van der Waals surface area contributed by atoms with Crippen LogP contribution in [0.1, 0.15) is 29.7 Å². The van der Waals surface area contributed by atoms with Crippen molar-refractivity contribution in [3.8, 4) is 18.1 Å². The Morgan fingerprint density at radius 3 is 2.54 bits per heavy atom. The van der Waals surface area contributed by atoms with Crippen LogP contribution in [0.25, 0.3) is 11.8 Å². The molecule has 6 nitrogen and oxygen atoms in total. The van der Waals surface area contributed by atoms with E-state index in [1.807, 2.05) is 48.5 Å². The number of halogens is 1. The lowest BCUT2D eigenvalue weighted by atomic mass is 9.93. The maximum absolute atomic E-state index is 13.9. The van der Waals surface area contributed by atoms with Gasteiger partial charge in [0.25, 0.3) is 5.56 Å². The van der Waals surface area contributed by atoms with Gasteiger partial charge in [-0.05, 0) is 36.8 Å². The highest BCUT2D eigenvalue weighted by atomic mass is 32.1. The van der Waals surface area contributed by atoms with Gasteiger partial charge >= 0.3 is 5.97 Å². The van der Waals surface area contributed by atoms with Gasteiger partial charge in [-0.3, -0.25) is 9.36 Å². The van der Waals surface area contributed by atoms with Crippen molar-refractivity contribution < 1.29 is 18.7 Å². The van der Waals surface area contributed by atoms with Gasteiger partial charge in [0.2, 0.25) is 0 Å². The van der Waals surface area contributed by atoms with Gasteiger partial charge in [-0.25, -0.2) is 14.2 Å². The van der Waals surface area contributed by atoms with Crippen molar-refractivity contribution in [3.05, 3.63) is 127 Å². The van der Waals surface area contributed by atoms with Crippen LogP contribution in [0, 0.1) is 18.2 Å². The van der Waals surface area contributed by atoms with E-state index in [9.17, 15) is 14.0 Å². The highest BCUT2D eigenvalue weighted by Gasteiger charge is 2.35. The number of para-hydroxylation sites is 1. The second-order valence-electron chi connectivity index (χ2n) is 8.51. The molecule has 1 aromatic heterocycles. The molecule has 0 radical (unpaired) electrons. The Kier molecular flexibility index (Phi) is 7.53. The average molecular weight is 539 g/mol. The molecule has 39 heavy (non-hydrogen) atoms. The molecule has 1 aliphatic rings. The molecule has 3 aromatic carbocycles. The van der Waals surface area contributed by atoms with Crippen LogP contribution in [0.3, 0.4) is 0 Å². The molecule has 194 valence electrons. The summed E-state index contributed by atoms with van der Waals surface area (Å²) in [7, 11) is 0.